The number of benzene rings is 8. The van der Waals surface area contributed by atoms with E-state index >= 15 is 0 Å². The second-order valence-corrected chi connectivity index (χ2v) is 17.3. The van der Waals surface area contributed by atoms with Crippen LogP contribution in [0.5, 0.6) is 0 Å². The standard InChI is InChI=1S/C54H33N3O2S/c1-54(2)39-20-6-3-13-32(39)47-31(16-9-21-40(47)54)30-27-28-42-38(29-30)49-36(18-11-24-44(49)59-42)52-55-51(35-17-10-23-43-48(35)33-14-4-7-22-41(33)58-43)56-53(57-52)37-19-12-26-46-50(37)34-15-5-8-25-45(34)60-46/h3-29H,1-2H3. The van der Waals surface area contributed by atoms with E-state index in [2.05, 4.69) is 135 Å². The number of fused-ring (bicyclic) bond motifs is 12. The van der Waals surface area contributed by atoms with Gasteiger partial charge < -0.3 is 8.83 Å². The molecule has 0 unspecified atom stereocenters. The summed E-state index contributed by atoms with van der Waals surface area (Å²) in [5.74, 6) is 1.77. The predicted molar refractivity (Wildman–Crippen MR) is 247 cm³/mol. The number of hydrogen-bond acceptors (Lipinski definition) is 6. The second-order valence-electron chi connectivity index (χ2n) is 16.3. The lowest BCUT2D eigenvalue weighted by atomic mass is 9.82. The zero-order valence-corrected chi connectivity index (χ0v) is 33.5. The Hall–Kier alpha value is -7.41. The predicted octanol–water partition coefficient (Wildman–Crippen LogP) is 15.0. The van der Waals surface area contributed by atoms with Crippen molar-refractivity contribution in [1.82, 2.24) is 15.0 Å². The van der Waals surface area contributed by atoms with Crippen molar-refractivity contribution in [3.05, 3.63) is 175 Å². The maximum absolute atomic E-state index is 6.63. The fourth-order valence-electron chi connectivity index (χ4n) is 9.84. The van der Waals surface area contributed by atoms with Crippen molar-refractivity contribution in [3.8, 4) is 56.4 Å². The number of nitrogens with zero attached hydrogens (tertiary/aromatic N) is 3. The molecule has 8 aromatic carbocycles. The van der Waals surface area contributed by atoms with Gasteiger partial charge in [0.05, 0.1) is 0 Å². The molecule has 6 heteroatoms. The van der Waals surface area contributed by atoms with E-state index in [0.717, 1.165) is 71.5 Å². The fourth-order valence-corrected chi connectivity index (χ4v) is 11.0. The van der Waals surface area contributed by atoms with Crippen LogP contribution < -0.4 is 0 Å². The summed E-state index contributed by atoms with van der Waals surface area (Å²) in [6, 6.07) is 57.6. The van der Waals surface area contributed by atoms with E-state index in [4.69, 9.17) is 23.8 Å². The summed E-state index contributed by atoms with van der Waals surface area (Å²) in [6.45, 7) is 4.66. The average Bonchev–Trinajstić information content (AvgIpc) is 4.04. The van der Waals surface area contributed by atoms with Gasteiger partial charge in [0.2, 0.25) is 0 Å². The average molecular weight is 788 g/mol. The molecule has 0 radical (unpaired) electrons. The molecular weight excluding hydrogens is 755 g/mol. The van der Waals surface area contributed by atoms with E-state index in [1.807, 2.05) is 42.5 Å². The molecule has 4 heterocycles. The van der Waals surface area contributed by atoms with Gasteiger partial charge in [-0.15, -0.1) is 11.3 Å². The molecule has 60 heavy (non-hydrogen) atoms. The Labute approximate surface area is 348 Å². The summed E-state index contributed by atoms with van der Waals surface area (Å²) in [5, 5.41) is 6.31. The zero-order valence-electron chi connectivity index (χ0n) is 32.7. The number of para-hydroxylation sites is 1. The summed E-state index contributed by atoms with van der Waals surface area (Å²) < 4.78 is 15.4. The first-order valence-electron chi connectivity index (χ1n) is 20.3. The van der Waals surface area contributed by atoms with Crippen LogP contribution in [0.3, 0.4) is 0 Å². The minimum absolute atomic E-state index is 0.0949. The summed E-state index contributed by atoms with van der Waals surface area (Å²) in [4.78, 5) is 16.1. The molecule has 0 bridgehead atoms. The van der Waals surface area contributed by atoms with Gasteiger partial charge in [-0.3, -0.25) is 0 Å². The minimum Gasteiger partial charge on any atom is -0.456 e. The molecule has 1 aliphatic rings. The highest BCUT2D eigenvalue weighted by Crippen LogP contribution is 2.52. The number of hydrogen-bond donors (Lipinski definition) is 0. The fraction of sp³-hybridized carbons (Fsp3) is 0.0556. The Kier molecular flexibility index (Phi) is 6.88. The molecular formula is C54H33N3O2S. The van der Waals surface area contributed by atoms with Crippen molar-refractivity contribution in [1.29, 1.82) is 0 Å². The van der Waals surface area contributed by atoms with Crippen LogP contribution in [-0.2, 0) is 5.41 Å². The van der Waals surface area contributed by atoms with Crippen LogP contribution in [0.15, 0.2) is 173 Å². The van der Waals surface area contributed by atoms with Crippen LogP contribution in [0.4, 0.5) is 0 Å². The highest BCUT2D eigenvalue weighted by Gasteiger charge is 2.36. The third-order valence-electron chi connectivity index (χ3n) is 12.6. The van der Waals surface area contributed by atoms with Gasteiger partial charge in [0, 0.05) is 63.8 Å². The monoisotopic (exact) mass is 787 g/mol. The van der Waals surface area contributed by atoms with E-state index < -0.39 is 0 Å². The molecule has 1 aliphatic carbocycles. The Morgan fingerprint density at radius 2 is 0.917 bits per heavy atom. The first-order valence-corrected chi connectivity index (χ1v) is 21.1. The molecule has 0 aliphatic heterocycles. The van der Waals surface area contributed by atoms with Gasteiger partial charge in [0.1, 0.15) is 22.3 Å². The molecule has 5 nitrogen and oxygen atoms in total. The molecule has 4 aromatic heterocycles. The molecule has 0 amide bonds. The summed E-state index contributed by atoms with van der Waals surface area (Å²) in [5.41, 5.74) is 13.5. The maximum atomic E-state index is 6.63. The van der Waals surface area contributed by atoms with Crippen LogP contribution in [0, 0.1) is 0 Å². The number of furan rings is 2. The van der Waals surface area contributed by atoms with Crippen molar-refractivity contribution in [2.45, 2.75) is 19.3 Å². The summed E-state index contributed by atoms with van der Waals surface area (Å²) in [7, 11) is 0. The third kappa shape index (κ3) is 4.71. The highest BCUT2D eigenvalue weighted by atomic mass is 32.1. The molecule has 0 fully saturated rings. The molecule has 12 aromatic rings. The van der Waals surface area contributed by atoms with Gasteiger partial charge in [-0.2, -0.15) is 0 Å². The van der Waals surface area contributed by atoms with Gasteiger partial charge in [-0.1, -0.05) is 135 Å². The first kappa shape index (κ1) is 33.6. The molecule has 0 saturated heterocycles. The molecule has 13 rings (SSSR count). The lowest BCUT2D eigenvalue weighted by Crippen LogP contribution is -2.14. The van der Waals surface area contributed by atoms with Gasteiger partial charge in [0.15, 0.2) is 17.5 Å². The van der Waals surface area contributed by atoms with Gasteiger partial charge >= 0.3 is 0 Å². The summed E-state index contributed by atoms with van der Waals surface area (Å²) >= 11 is 1.79. The Morgan fingerprint density at radius 3 is 1.68 bits per heavy atom. The SMILES string of the molecule is CC1(C)c2ccccc2-c2c(-c3ccc4oc5cccc(-c6nc(-c7cccc8oc9ccccc9c78)nc(-c7cccc8sc9ccccc9c78)n6)c5c4c3)cccc21. The lowest BCUT2D eigenvalue weighted by Gasteiger charge is -2.21. The maximum Gasteiger partial charge on any atom is 0.164 e. The van der Waals surface area contributed by atoms with Gasteiger partial charge in [0.25, 0.3) is 0 Å². The highest BCUT2D eigenvalue weighted by molar-refractivity contribution is 7.25. The van der Waals surface area contributed by atoms with Crippen LogP contribution in [0.2, 0.25) is 0 Å². The third-order valence-corrected chi connectivity index (χ3v) is 13.7. The van der Waals surface area contributed by atoms with Crippen LogP contribution in [0.1, 0.15) is 25.0 Å². The molecule has 282 valence electrons. The van der Waals surface area contributed by atoms with Crippen molar-refractivity contribution in [3.63, 3.8) is 0 Å². The smallest absolute Gasteiger partial charge is 0.164 e. The largest absolute Gasteiger partial charge is 0.456 e. The van der Waals surface area contributed by atoms with Crippen molar-refractivity contribution >= 4 is 75.4 Å². The molecule has 0 atom stereocenters. The van der Waals surface area contributed by atoms with Crippen LogP contribution in [0.25, 0.3) is 120 Å². The summed E-state index contributed by atoms with van der Waals surface area (Å²) in [6.07, 6.45) is 0. The topological polar surface area (TPSA) is 65.0 Å². The van der Waals surface area contributed by atoms with Gasteiger partial charge in [-0.25, -0.2) is 15.0 Å². The lowest BCUT2D eigenvalue weighted by molar-refractivity contribution is 0.660. The zero-order chi connectivity index (χ0) is 39.7. The van der Waals surface area contributed by atoms with E-state index in [9.17, 15) is 0 Å². The normalized spacial score (nSPS) is 13.3. The molecule has 0 saturated carbocycles. The number of aromatic nitrogens is 3. The second kappa shape index (κ2) is 12.3. The first-order chi connectivity index (χ1) is 29.5. The van der Waals surface area contributed by atoms with E-state index in [1.54, 1.807) is 11.3 Å². The molecule has 0 spiro atoms. The minimum atomic E-state index is -0.0949. The van der Waals surface area contributed by atoms with Crippen LogP contribution in [-0.4, -0.2) is 15.0 Å². The Morgan fingerprint density at radius 1 is 0.400 bits per heavy atom. The Balaban J connectivity index is 1.08. The van der Waals surface area contributed by atoms with E-state index in [0.29, 0.717) is 17.5 Å². The van der Waals surface area contributed by atoms with Crippen molar-refractivity contribution in [2.24, 2.45) is 0 Å². The quantitative estimate of drug-likeness (QED) is 0.178. The van der Waals surface area contributed by atoms with E-state index in [-0.39, 0.29) is 5.41 Å². The van der Waals surface area contributed by atoms with Crippen molar-refractivity contribution < 1.29 is 8.83 Å². The number of rotatable bonds is 4. The molecule has 0 N–H and O–H groups in total. The van der Waals surface area contributed by atoms with Crippen molar-refractivity contribution in [2.75, 3.05) is 0 Å². The number of thiophene rings is 1. The van der Waals surface area contributed by atoms with E-state index in [1.165, 1.54) is 42.6 Å². The van der Waals surface area contributed by atoms with Gasteiger partial charge in [-0.05, 0) is 75.8 Å². The van der Waals surface area contributed by atoms with Crippen LogP contribution >= 0.6 is 11.3 Å². The Bertz CT molecular complexity index is 3640.